The molecule has 2 heteroatoms. The second-order valence-electron chi connectivity index (χ2n) is 14.5. The molecule has 1 aromatic heterocycles. The summed E-state index contributed by atoms with van der Waals surface area (Å²) in [6.45, 7) is 0. The van der Waals surface area contributed by atoms with Crippen molar-refractivity contribution in [1.29, 1.82) is 0 Å². The van der Waals surface area contributed by atoms with Gasteiger partial charge in [-0.05, 0) is 94.0 Å². The zero-order valence-corrected chi connectivity index (χ0v) is 31.5. The van der Waals surface area contributed by atoms with Gasteiger partial charge in [0, 0.05) is 33.5 Å². The van der Waals surface area contributed by atoms with Gasteiger partial charge in [-0.1, -0.05) is 182 Å². The third-order valence-corrected chi connectivity index (χ3v) is 11.4. The van der Waals surface area contributed by atoms with Crippen LogP contribution in [0.25, 0.3) is 38.6 Å². The van der Waals surface area contributed by atoms with Gasteiger partial charge in [-0.3, -0.25) is 0 Å². The standard InChI is InChI=1S/C55H40N2/c1-5-17-41(18-6-1)42-29-33-47(34-30-42)56(49-37-39-50(40-38-49)57-53-27-15-13-25-51(53)52-26-14-16-28-54(52)57)48-35-31-46(32-36-48)55(43-19-7-2-8-20-43,44-21-9-3-10-22-44)45-23-11-4-12-24-45/h1-40H. The Balaban J connectivity index is 1.12. The Labute approximate surface area is 334 Å². The highest BCUT2D eigenvalue weighted by molar-refractivity contribution is 6.09. The third kappa shape index (κ3) is 6.00. The number of nitrogens with zero attached hydrogens (tertiary/aromatic N) is 2. The van der Waals surface area contributed by atoms with Crippen LogP contribution in [0, 0.1) is 0 Å². The van der Waals surface area contributed by atoms with E-state index in [-0.39, 0.29) is 0 Å². The first-order valence-electron chi connectivity index (χ1n) is 19.6. The molecule has 0 radical (unpaired) electrons. The summed E-state index contributed by atoms with van der Waals surface area (Å²) >= 11 is 0. The summed E-state index contributed by atoms with van der Waals surface area (Å²) in [5.74, 6) is 0. The van der Waals surface area contributed by atoms with Crippen molar-refractivity contribution in [3.8, 4) is 16.8 Å². The van der Waals surface area contributed by atoms with E-state index >= 15 is 0 Å². The summed E-state index contributed by atoms with van der Waals surface area (Å²) in [5.41, 5.74) is 13.5. The minimum absolute atomic E-state index is 0.519. The highest BCUT2D eigenvalue weighted by atomic mass is 15.1. The van der Waals surface area contributed by atoms with Crippen LogP contribution in [0.1, 0.15) is 22.3 Å². The minimum atomic E-state index is -0.519. The van der Waals surface area contributed by atoms with Gasteiger partial charge in [0.1, 0.15) is 0 Å². The van der Waals surface area contributed by atoms with E-state index in [1.165, 1.54) is 55.2 Å². The molecular weight excluding hydrogens is 689 g/mol. The van der Waals surface area contributed by atoms with Crippen molar-refractivity contribution < 1.29 is 0 Å². The Bertz CT molecular complexity index is 2750. The Hall–Kier alpha value is -7.42. The van der Waals surface area contributed by atoms with Crippen LogP contribution in [0.3, 0.4) is 0 Å². The summed E-state index contributed by atoms with van der Waals surface area (Å²) in [7, 11) is 0. The fourth-order valence-corrected chi connectivity index (χ4v) is 8.76. The van der Waals surface area contributed by atoms with Crippen LogP contribution >= 0.6 is 0 Å². The first-order chi connectivity index (χ1) is 28.3. The van der Waals surface area contributed by atoms with Gasteiger partial charge in [0.15, 0.2) is 0 Å². The van der Waals surface area contributed by atoms with E-state index < -0.39 is 5.41 Å². The lowest BCUT2D eigenvalue weighted by Crippen LogP contribution is -2.31. The molecule has 57 heavy (non-hydrogen) atoms. The predicted molar refractivity (Wildman–Crippen MR) is 239 cm³/mol. The maximum absolute atomic E-state index is 2.37. The Kier molecular flexibility index (Phi) is 8.78. The van der Waals surface area contributed by atoms with Crippen LogP contribution < -0.4 is 4.90 Å². The normalized spacial score (nSPS) is 11.5. The van der Waals surface area contributed by atoms with E-state index in [2.05, 4.69) is 252 Å². The number of fused-ring (bicyclic) bond motifs is 3. The molecule has 270 valence electrons. The van der Waals surface area contributed by atoms with E-state index in [0.29, 0.717) is 0 Å². The predicted octanol–water partition coefficient (Wildman–Crippen LogP) is 14.3. The smallest absolute Gasteiger partial charge is 0.0701 e. The van der Waals surface area contributed by atoms with Gasteiger partial charge < -0.3 is 9.47 Å². The molecule has 0 aliphatic carbocycles. The first kappa shape index (κ1) is 34.1. The van der Waals surface area contributed by atoms with Crippen LogP contribution in [0.5, 0.6) is 0 Å². The first-order valence-corrected chi connectivity index (χ1v) is 19.6. The maximum Gasteiger partial charge on any atom is 0.0701 e. The molecule has 2 nitrogen and oxygen atoms in total. The van der Waals surface area contributed by atoms with E-state index in [4.69, 9.17) is 0 Å². The van der Waals surface area contributed by atoms with Crippen molar-refractivity contribution in [3.05, 3.63) is 265 Å². The molecule has 9 aromatic carbocycles. The fraction of sp³-hybridized carbons (Fsp3) is 0.0182. The largest absolute Gasteiger partial charge is 0.311 e. The molecule has 0 saturated heterocycles. The second kappa shape index (κ2) is 14.7. The van der Waals surface area contributed by atoms with Gasteiger partial charge in [-0.2, -0.15) is 0 Å². The lowest BCUT2D eigenvalue weighted by atomic mass is 9.65. The molecule has 0 spiro atoms. The van der Waals surface area contributed by atoms with Gasteiger partial charge in [-0.15, -0.1) is 0 Å². The van der Waals surface area contributed by atoms with Crippen molar-refractivity contribution in [2.75, 3.05) is 4.90 Å². The number of hydrogen-bond acceptors (Lipinski definition) is 1. The summed E-state index contributed by atoms with van der Waals surface area (Å²) in [5, 5.41) is 2.52. The summed E-state index contributed by atoms with van der Waals surface area (Å²) in [4.78, 5) is 2.36. The van der Waals surface area contributed by atoms with Crippen molar-refractivity contribution in [3.63, 3.8) is 0 Å². The molecule has 10 rings (SSSR count). The molecule has 0 fully saturated rings. The Morgan fingerprint density at radius 2 is 0.614 bits per heavy atom. The van der Waals surface area contributed by atoms with Crippen LogP contribution in [0.15, 0.2) is 243 Å². The van der Waals surface area contributed by atoms with Gasteiger partial charge in [0.25, 0.3) is 0 Å². The molecule has 0 saturated carbocycles. The zero-order chi connectivity index (χ0) is 38.0. The molecule has 0 atom stereocenters. The molecule has 10 aromatic rings. The number of rotatable bonds is 9. The van der Waals surface area contributed by atoms with E-state index in [0.717, 1.165) is 22.7 Å². The highest BCUT2D eigenvalue weighted by Gasteiger charge is 2.38. The topological polar surface area (TPSA) is 8.17 Å². The van der Waals surface area contributed by atoms with E-state index in [1.54, 1.807) is 0 Å². The Morgan fingerprint density at radius 3 is 1.07 bits per heavy atom. The molecule has 0 bridgehead atoms. The average Bonchev–Trinajstić information content (AvgIpc) is 3.64. The van der Waals surface area contributed by atoms with Crippen LogP contribution in [-0.2, 0) is 5.41 Å². The minimum Gasteiger partial charge on any atom is -0.311 e. The number of anilines is 3. The summed E-state index contributed by atoms with van der Waals surface area (Å²) < 4.78 is 2.37. The van der Waals surface area contributed by atoms with Crippen molar-refractivity contribution in [2.24, 2.45) is 0 Å². The average molecular weight is 729 g/mol. The van der Waals surface area contributed by atoms with Crippen LogP contribution in [0.4, 0.5) is 17.1 Å². The summed E-state index contributed by atoms with van der Waals surface area (Å²) in [6.07, 6.45) is 0. The summed E-state index contributed by atoms with van der Waals surface area (Å²) in [6, 6.07) is 87.8. The number of para-hydroxylation sites is 2. The zero-order valence-electron chi connectivity index (χ0n) is 31.5. The Morgan fingerprint density at radius 1 is 0.281 bits per heavy atom. The van der Waals surface area contributed by atoms with E-state index in [1.807, 2.05) is 0 Å². The lowest BCUT2D eigenvalue weighted by molar-refractivity contribution is 0.745. The third-order valence-electron chi connectivity index (χ3n) is 11.4. The van der Waals surface area contributed by atoms with Crippen LogP contribution in [-0.4, -0.2) is 4.57 Å². The monoisotopic (exact) mass is 728 g/mol. The van der Waals surface area contributed by atoms with Gasteiger partial charge in [0.05, 0.1) is 16.4 Å². The second-order valence-corrected chi connectivity index (χ2v) is 14.5. The molecule has 0 unspecified atom stereocenters. The quantitative estimate of drug-likeness (QED) is 0.134. The molecule has 0 aliphatic heterocycles. The lowest BCUT2D eigenvalue weighted by Gasteiger charge is -2.37. The SMILES string of the molecule is c1ccc(-c2ccc(N(c3ccc(-n4c5ccccc5c5ccccc54)cc3)c3ccc(C(c4ccccc4)(c4ccccc4)c4ccccc4)cc3)cc2)cc1. The van der Waals surface area contributed by atoms with E-state index in [9.17, 15) is 0 Å². The van der Waals surface area contributed by atoms with Crippen molar-refractivity contribution in [1.82, 2.24) is 4.57 Å². The number of benzene rings is 9. The fourth-order valence-electron chi connectivity index (χ4n) is 8.76. The number of hydrogen-bond donors (Lipinski definition) is 0. The van der Waals surface area contributed by atoms with Gasteiger partial charge >= 0.3 is 0 Å². The highest BCUT2D eigenvalue weighted by Crippen LogP contribution is 2.46. The molecule has 0 N–H and O–H groups in total. The molecular formula is C55H40N2. The maximum atomic E-state index is 2.37. The van der Waals surface area contributed by atoms with Crippen LogP contribution in [0.2, 0.25) is 0 Å². The van der Waals surface area contributed by atoms with Gasteiger partial charge in [0.2, 0.25) is 0 Å². The number of aromatic nitrogens is 1. The molecule has 0 aliphatic rings. The molecule has 1 heterocycles. The van der Waals surface area contributed by atoms with Crippen molar-refractivity contribution >= 4 is 38.9 Å². The van der Waals surface area contributed by atoms with Gasteiger partial charge in [-0.25, -0.2) is 0 Å². The molecule has 0 amide bonds. The van der Waals surface area contributed by atoms with Crippen molar-refractivity contribution in [2.45, 2.75) is 5.41 Å².